The van der Waals surface area contributed by atoms with Gasteiger partial charge in [-0.25, -0.2) is 0 Å². The van der Waals surface area contributed by atoms with Crippen LogP contribution >= 0.6 is 0 Å². The van der Waals surface area contributed by atoms with E-state index in [0.717, 1.165) is 6.42 Å². The fraction of sp³-hybridized carbons (Fsp3) is 0.167. The molecule has 1 atom stereocenters. The third-order valence-electron chi connectivity index (χ3n) is 1.55. The Kier molecular flexibility index (Phi) is 34.6. The molecule has 0 aromatic heterocycles. The van der Waals surface area contributed by atoms with Gasteiger partial charge in [0.25, 0.3) is 0 Å². The molecule has 17 heavy (non-hydrogen) atoms. The van der Waals surface area contributed by atoms with Crippen molar-refractivity contribution in [2.75, 3.05) is 0 Å². The van der Waals surface area contributed by atoms with Crippen molar-refractivity contribution < 1.29 is 36.2 Å². The van der Waals surface area contributed by atoms with E-state index in [2.05, 4.69) is 6.58 Å². The molecule has 1 unspecified atom stereocenters. The van der Waals surface area contributed by atoms with E-state index in [9.17, 15) is 4.79 Å². The first-order chi connectivity index (χ1) is 7.84. The molecule has 0 saturated heterocycles. The molecule has 0 spiro atoms. The standard InChI is InChI=1S/C9H10O.3CH2O.Fe/c1-2-9(10)8-6-4-3-5-7-8;3*1-2;/h2-6,8H,1,7H2;3*1H2;. The molecule has 1 aliphatic rings. The summed E-state index contributed by atoms with van der Waals surface area (Å²) in [6, 6.07) is 0. The van der Waals surface area contributed by atoms with Crippen LogP contribution in [0, 0.1) is 5.92 Å². The van der Waals surface area contributed by atoms with E-state index in [-0.39, 0.29) is 28.8 Å². The van der Waals surface area contributed by atoms with Crippen molar-refractivity contribution in [3.05, 3.63) is 37.0 Å². The third-order valence-corrected chi connectivity index (χ3v) is 1.55. The molecular formula is C12H16FeO4. The maximum atomic E-state index is 11.0. The Hall–Kier alpha value is -1.58. The van der Waals surface area contributed by atoms with Gasteiger partial charge in [-0.15, -0.1) is 0 Å². The van der Waals surface area contributed by atoms with Gasteiger partial charge in [0.05, 0.1) is 0 Å². The predicted molar refractivity (Wildman–Crippen MR) is 63.0 cm³/mol. The Bertz CT molecular complexity index is 244. The van der Waals surface area contributed by atoms with Crippen LogP contribution in [0.3, 0.4) is 0 Å². The fourth-order valence-electron chi connectivity index (χ4n) is 0.943. The zero-order chi connectivity index (χ0) is 13.4. The van der Waals surface area contributed by atoms with Gasteiger partial charge in [0.2, 0.25) is 0 Å². The summed E-state index contributed by atoms with van der Waals surface area (Å²) in [5, 5.41) is 0. The van der Waals surface area contributed by atoms with E-state index >= 15 is 0 Å². The molecule has 5 heteroatoms. The van der Waals surface area contributed by atoms with Crippen molar-refractivity contribution in [2.24, 2.45) is 5.92 Å². The third kappa shape index (κ3) is 14.4. The normalized spacial score (nSPS) is 14.0. The number of allylic oxidation sites excluding steroid dienone is 5. The van der Waals surface area contributed by atoms with Crippen LogP contribution in [0.2, 0.25) is 0 Å². The summed E-state index contributed by atoms with van der Waals surface area (Å²) < 4.78 is 0. The maximum Gasteiger partial charge on any atom is 0.162 e. The van der Waals surface area contributed by atoms with E-state index in [1.165, 1.54) is 6.08 Å². The maximum absolute atomic E-state index is 11.0. The summed E-state index contributed by atoms with van der Waals surface area (Å²) in [6.07, 6.45) is 9.95. The summed E-state index contributed by atoms with van der Waals surface area (Å²) >= 11 is 0. The minimum Gasteiger partial charge on any atom is -0.307 e. The summed E-state index contributed by atoms with van der Waals surface area (Å²) in [4.78, 5) is 35.0. The van der Waals surface area contributed by atoms with E-state index in [1.807, 2.05) is 44.7 Å². The molecule has 0 aliphatic heterocycles. The number of hydrogen-bond acceptors (Lipinski definition) is 4. The molecule has 0 aromatic carbocycles. The SMILES string of the molecule is C=CC(=O)C1C=CC=CC1.C=O.C=O.C=O.[Fe]. The minimum atomic E-state index is 0. The van der Waals surface area contributed by atoms with E-state index in [4.69, 9.17) is 14.4 Å². The van der Waals surface area contributed by atoms with Crippen LogP contribution in [0.5, 0.6) is 0 Å². The van der Waals surface area contributed by atoms with Gasteiger partial charge in [-0.2, -0.15) is 0 Å². The molecule has 1 aliphatic carbocycles. The monoisotopic (exact) mass is 280 g/mol. The Balaban J connectivity index is -0.000000106. The van der Waals surface area contributed by atoms with Gasteiger partial charge in [0.15, 0.2) is 5.78 Å². The molecule has 0 saturated carbocycles. The molecule has 0 bridgehead atoms. The van der Waals surface area contributed by atoms with Crippen LogP contribution in [0.25, 0.3) is 0 Å². The van der Waals surface area contributed by atoms with E-state index in [1.54, 1.807) is 0 Å². The van der Waals surface area contributed by atoms with Crippen LogP contribution in [-0.2, 0) is 36.2 Å². The Labute approximate surface area is 112 Å². The van der Waals surface area contributed by atoms with Crippen LogP contribution in [0.4, 0.5) is 0 Å². The first-order valence-corrected chi connectivity index (χ1v) is 4.21. The van der Waals surface area contributed by atoms with E-state index in [0.29, 0.717) is 0 Å². The van der Waals surface area contributed by atoms with Crippen LogP contribution < -0.4 is 0 Å². The molecule has 0 fully saturated rings. The number of carbonyl (C=O) groups is 4. The zero-order valence-electron chi connectivity index (χ0n) is 9.49. The molecule has 0 radical (unpaired) electrons. The molecule has 0 heterocycles. The smallest absolute Gasteiger partial charge is 0.162 e. The van der Waals surface area contributed by atoms with Gasteiger partial charge in [0.1, 0.15) is 20.4 Å². The summed E-state index contributed by atoms with van der Waals surface area (Å²) in [7, 11) is 0. The van der Waals surface area contributed by atoms with Crippen LogP contribution in [0.1, 0.15) is 6.42 Å². The Morgan fingerprint density at radius 3 is 1.82 bits per heavy atom. The first-order valence-electron chi connectivity index (χ1n) is 4.21. The second-order valence-electron chi connectivity index (χ2n) is 2.26. The predicted octanol–water partition coefficient (Wildman–Crippen LogP) is 1.32. The molecule has 0 N–H and O–H groups in total. The van der Waals surface area contributed by atoms with Gasteiger partial charge >= 0.3 is 0 Å². The van der Waals surface area contributed by atoms with Gasteiger partial charge in [-0.05, 0) is 12.5 Å². The molecule has 0 aromatic rings. The van der Waals surface area contributed by atoms with Crippen molar-refractivity contribution in [1.29, 1.82) is 0 Å². The molecule has 4 nitrogen and oxygen atoms in total. The van der Waals surface area contributed by atoms with Crippen molar-refractivity contribution in [3.63, 3.8) is 0 Å². The second-order valence-corrected chi connectivity index (χ2v) is 2.26. The quantitative estimate of drug-likeness (QED) is 0.565. The van der Waals surface area contributed by atoms with Crippen molar-refractivity contribution in [3.8, 4) is 0 Å². The fourth-order valence-corrected chi connectivity index (χ4v) is 0.943. The molecular weight excluding hydrogens is 264 g/mol. The van der Waals surface area contributed by atoms with Crippen molar-refractivity contribution in [2.45, 2.75) is 6.42 Å². The molecule has 0 amide bonds. The largest absolute Gasteiger partial charge is 0.307 e. The average molecular weight is 280 g/mol. The molecule has 96 valence electrons. The number of hydrogen-bond donors (Lipinski definition) is 0. The second kappa shape index (κ2) is 23.9. The summed E-state index contributed by atoms with van der Waals surface area (Å²) in [5.41, 5.74) is 0. The molecule has 1 rings (SSSR count). The van der Waals surface area contributed by atoms with Gasteiger partial charge < -0.3 is 14.4 Å². The zero-order valence-corrected chi connectivity index (χ0v) is 10.6. The van der Waals surface area contributed by atoms with Gasteiger partial charge in [-0.3, -0.25) is 4.79 Å². The Morgan fingerprint density at radius 2 is 1.53 bits per heavy atom. The van der Waals surface area contributed by atoms with Gasteiger partial charge in [0, 0.05) is 23.0 Å². The Morgan fingerprint density at radius 1 is 1.06 bits per heavy atom. The van der Waals surface area contributed by atoms with Crippen molar-refractivity contribution >= 4 is 26.2 Å². The average Bonchev–Trinajstić information content (AvgIpc) is 2.45. The van der Waals surface area contributed by atoms with E-state index < -0.39 is 0 Å². The topological polar surface area (TPSA) is 68.3 Å². The minimum absolute atomic E-state index is 0. The number of carbonyl (C=O) groups excluding carboxylic acids is 4. The first kappa shape index (κ1) is 24.6. The summed E-state index contributed by atoms with van der Waals surface area (Å²) in [5.74, 6) is 0.156. The van der Waals surface area contributed by atoms with Crippen LogP contribution in [0.15, 0.2) is 37.0 Å². The van der Waals surface area contributed by atoms with Crippen molar-refractivity contribution in [1.82, 2.24) is 0 Å². The van der Waals surface area contributed by atoms with Gasteiger partial charge in [-0.1, -0.05) is 30.9 Å². The summed E-state index contributed by atoms with van der Waals surface area (Å²) in [6.45, 7) is 9.43. The van der Waals surface area contributed by atoms with Crippen LogP contribution in [-0.4, -0.2) is 26.2 Å². The number of rotatable bonds is 2. The number of ketones is 1.